The van der Waals surface area contributed by atoms with Crippen LogP contribution in [0.15, 0.2) is 36.7 Å². The van der Waals surface area contributed by atoms with E-state index >= 15 is 0 Å². The van der Waals surface area contributed by atoms with Crippen LogP contribution < -0.4 is 5.32 Å². The zero-order valence-corrected chi connectivity index (χ0v) is 12.8. The number of hydrogen-bond acceptors (Lipinski definition) is 5. The lowest BCUT2D eigenvalue weighted by molar-refractivity contribution is -0.140. The van der Waals surface area contributed by atoms with Crippen molar-refractivity contribution in [2.24, 2.45) is 0 Å². The average Bonchev–Trinajstić information content (AvgIpc) is 3.03. The number of carbonyl (C=O) groups is 1. The summed E-state index contributed by atoms with van der Waals surface area (Å²) in [5.74, 6) is 0.873. The normalized spacial score (nSPS) is 25.0. The third-order valence-electron chi connectivity index (χ3n) is 4.39. The molecule has 3 heterocycles. The smallest absolute Gasteiger partial charge is 0.246 e. The number of nitrogens with one attached hydrogen (secondary N) is 1. The van der Waals surface area contributed by atoms with E-state index in [0.29, 0.717) is 6.54 Å². The van der Waals surface area contributed by atoms with Crippen molar-refractivity contribution >= 4 is 5.91 Å². The third-order valence-corrected chi connectivity index (χ3v) is 4.39. The molecule has 2 saturated heterocycles. The van der Waals surface area contributed by atoms with Gasteiger partial charge in [-0.15, -0.1) is 0 Å². The Hall–Kier alpha value is -2.25. The number of morpholine rings is 1. The standard InChI is InChI=1S/C16H19N5O2/c22-16-10-23-14-6-7-20(8-13(14)19-16)9-15-17-11-18-21(15)12-4-2-1-3-5-12/h1-5,11,13-14H,6-10H2,(H,19,22)/t13-,14-/m0/s1. The number of benzene rings is 1. The molecule has 120 valence electrons. The Morgan fingerprint density at radius 3 is 3.04 bits per heavy atom. The van der Waals surface area contributed by atoms with E-state index in [4.69, 9.17) is 4.74 Å². The Labute approximate surface area is 134 Å². The molecule has 0 spiro atoms. The number of aromatic nitrogens is 3. The van der Waals surface area contributed by atoms with Crippen LogP contribution in [0.5, 0.6) is 0 Å². The van der Waals surface area contributed by atoms with Gasteiger partial charge in [0.15, 0.2) is 0 Å². The zero-order chi connectivity index (χ0) is 15.6. The van der Waals surface area contributed by atoms with E-state index in [0.717, 1.165) is 31.0 Å². The molecule has 4 rings (SSSR count). The largest absolute Gasteiger partial charge is 0.366 e. The number of nitrogens with zero attached hydrogens (tertiary/aromatic N) is 4. The molecule has 0 unspecified atom stereocenters. The molecule has 2 aliphatic heterocycles. The maximum Gasteiger partial charge on any atom is 0.246 e. The molecule has 2 atom stereocenters. The number of fused-ring (bicyclic) bond motifs is 1. The first-order valence-corrected chi connectivity index (χ1v) is 7.87. The summed E-state index contributed by atoms with van der Waals surface area (Å²) in [5, 5.41) is 7.36. The van der Waals surface area contributed by atoms with E-state index in [1.54, 1.807) is 6.33 Å². The Balaban J connectivity index is 1.47. The fraction of sp³-hybridized carbons (Fsp3) is 0.438. The van der Waals surface area contributed by atoms with Crippen LogP contribution in [-0.2, 0) is 16.1 Å². The summed E-state index contributed by atoms with van der Waals surface area (Å²) in [6.07, 6.45) is 2.64. The zero-order valence-electron chi connectivity index (χ0n) is 12.8. The fourth-order valence-corrected chi connectivity index (χ4v) is 3.27. The van der Waals surface area contributed by atoms with Gasteiger partial charge in [-0.1, -0.05) is 18.2 Å². The summed E-state index contributed by atoms with van der Waals surface area (Å²) >= 11 is 0. The monoisotopic (exact) mass is 313 g/mol. The van der Waals surface area contributed by atoms with Gasteiger partial charge >= 0.3 is 0 Å². The van der Waals surface area contributed by atoms with Crippen molar-refractivity contribution in [1.82, 2.24) is 25.0 Å². The maximum atomic E-state index is 11.5. The van der Waals surface area contributed by atoms with E-state index in [1.807, 2.05) is 35.0 Å². The van der Waals surface area contributed by atoms with Crippen molar-refractivity contribution in [2.45, 2.75) is 25.1 Å². The molecule has 0 saturated carbocycles. The van der Waals surface area contributed by atoms with Crippen LogP contribution in [0.4, 0.5) is 0 Å². The molecule has 7 heteroatoms. The predicted molar refractivity (Wildman–Crippen MR) is 82.9 cm³/mol. The van der Waals surface area contributed by atoms with Crippen molar-refractivity contribution in [2.75, 3.05) is 19.7 Å². The van der Waals surface area contributed by atoms with Gasteiger partial charge in [-0.3, -0.25) is 9.69 Å². The van der Waals surface area contributed by atoms with Gasteiger partial charge in [-0.2, -0.15) is 5.10 Å². The van der Waals surface area contributed by atoms with Crippen molar-refractivity contribution in [3.8, 4) is 5.69 Å². The Morgan fingerprint density at radius 2 is 2.17 bits per heavy atom. The van der Waals surface area contributed by atoms with Gasteiger partial charge in [0.1, 0.15) is 18.8 Å². The van der Waals surface area contributed by atoms with E-state index in [1.165, 1.54) is 0 Å². The molecular formula is C16H19N5O2. The topological polar surface area (TPSA) is 72.3 Å². The van der Waals surface area contributed by atoms with Crippen LogP contribution >= 0.6 is 0 Å². The molecule has 0 aliphatic carbocycles. The maximum absolute atomic E-state index is 11.5. The molecule has 23 heavy (non-hydrogen) atoms. The lowest BCUT2D eigenvalue weighted by Gasteiger charge is -2.40. The van der Waals surface area contributed by atoms with Gasteiger partial charge in [0, 0.05) is 13.1 Å². The van der Waals surface area contributed by atoms with Gasteiger partial charge in [-0.05, 0) is 18.6 Å². The molecule has 2 aliphatic rings. The Kier molecular flexibility index (Phi) is 3.80. The number of likely N-dealkylation sites (tertiary alicyclic amines) is 1. The number of piperidine rings is 1. The first-order chi connectivity index (χ1) is 11.3. The van der Waals surface area contributed by atoms with Crippen molar-refractivity contribution in [1.29, 1.82) is 0 Å². The van der Waals surface area contributed by atoms with Crippen LogP contribution in [0, 0.1) is 0 Å². The highest BCUT2D eigenvalue weighted by molar-refractivity contribution is 5.78. The molecule has 0 radical (unpaired) electrons. The predicted octanol–water partition coefficient (Wildman–Crippen LogP) is 0.357. The van der Waals surface area contributed by atoms with Gasteiger partial charge in [0.05, 0.1) is 24.4 Å². The van der Waals surface area contributed by atoms with Crippen LogP contribution in [0.2, 0.25) is 0 Å². The summed E-state index contributed by atoms with van der Waals surface area (Å²) < 4.78 is 7.46. The second-order valence-corrected chi connectivity index (χ2v) is 5.97. The SMILES string of the molecule is O=C1CO[C@H]2CCN(Cc3ncnn3-c3ccccc3)C[C@@H]2N1. The number of para-hydroxylation sites is 1. The molecule has 2 aromatic rings. The molecule has 2 fully saturated rings. The van der Waals surface area contributed by atoms with E-state index in [-0.39, 0.29) is 24.7 Å². The quantitative estimate of drug-likeness (QED) is 0.886. The van der Waals surface area contributed by atoms with Crippen molar-refractivity contribution in [3.63, 3.8) is 0 Å². The summed E-state index contributed by atoms with van der Waals surface area (Å²) in [5.41, 5.74) is 1.00. The number of rotatable bonds is 3. The van der Waals surface area contributed by atoms with Gasteiger partial charge in [0.25, 0.3) is 0 Å². The van der Waals surface area contributed by atoms with Crippen LogP contribution in [0.3, 0.4) is 0 Å². The molecule has 1 aromatic heterocycles. The summed E-state index contributed by atoms with van der Waals surface area (Å²) in [6, 6.07) is 10.1. The van der Waals surface area contributed by atoms with Gasteiger partial charge in [-0.25, -0.2) is 9.67 Å². The molecule has 7 nitrogen and oxygen atoms in total. The Morgan fingerprint density at radius 1 is 1.30 bits per heavy atom. The Bertz CT molecular complexity index is 687. The minimum absolute atomic E-state index is 0.0273. The highest BCUT2D eigenvalue weighted by atomic mass is 16.5. The highest BCUT2D eigenvalue weighted by Crippen LogP contribution is 2.19. The van der Waals surface area contributed by atoms with E-state index in [9.17, 15) is 4.79 Å². The van der Waals surface area contributed by atoms with Gasteiger partial charge in [0.2, 0.25) is 5.91 Å². The number of hydrogen-bond donors (Lipinski definition) is 1. The van der Waals surface area contributed by atoms with Crippen LogP contribution in [-0.4, -0.2) is 57.4 Å². The number of ether oxygens (including phenoxy) is 1. The van der Waals surface area contributed by atoms with E-state index in [2.05, 4.69) is 20.3 Å². The fourth-order valence-electron chi connectivity index (χ4n) is 3.27. The van der Waals surface area contributed by atoms with Gasteiger partial charge < -0.3 is 10.1 Å². The second-order valence-electron chi connectivity index (χ2n) is 5.97. The van der Waals surface area contributed by atoms with Crippen LogP contribution in [0.25, 0.3) is 5.69 Å². The average molecular weight is 313 g/mol. The number of amides is 1. The molecular weight excluding hydrogens is 294 g/mol. The highest BCUT2D eigenvalue weighted by Gasteiger charge is 2.35. The first kappa shape index (κ1) is 14.3. The molecule has 1 amide bonds. The van der Waals surface area contributed by atoms with Crippen LogP contribution in [0.1, 0.15) is 12.2 Å². The van der Waals surface area contributed by atoms with E-state index < -0.39 is 0 Å². The lowest BCUT2D eigenvalue weighted by Crippen LogP contribution is -2.60. The molecule has 1 N–H and O–H groups in total. The van der Waals surface area contributed by atoms with Crippen molar-refractivity contribution < 1.29 is 9.53 Å². The summed E-state index contributed by atoms with van der Waals surface area (Å²) in [4.78, 5) is 18.2. The molecule has 0 bridgehead atoms. The lowest BCUT2D eigenvalue weighted by atomic mass is 10.0. The first-order valence-electron chi connectivity index (χ1n) is 7.87. The van der Waals surface area contributed by atoms with Crippen molar-refractivity contribution in [3.05, 3.63) is 42.5 Å². The number of carbonyl (C=O) groups excluding carboxylic acids is 1. The third kappa shape index (κ3) is 2.97. The minimum Gasteiger partial charge on any atom is -0.366 e. The molecule has 1 aromatic carbocycles. The summed E-state index contributed by atoms with van der Waals surface area (Å²) in [7, 11) is 0. The summed E-state index contributed by atoms with van der Waals surface area (Å²) in [6.45, 7) is 2.59. The minimum atomic E-state index is -0.0273. The second kappa shape index (κ2) is 6.10.